The smallest absolute Gasteiger partial charge is 0.416 e. The van der Waals surface area contributed by atoms with Gasteiger partial charge in [0.15, 0.2) is 5.76 Å². The van der Waals surface area contributed by atoms with Crippen LogP contribution in [0, 0.1) is 0 Å². The van der Waals surface area contributed by atoms with E-state index >= 15 is 0 Å². The lowest BCUT2D eigenvalue weighted by atomic mass is 10.1. The Morgan fingerprint density at radius 1 is 0.967 bits per heavy atom. The third-order valence-corrected chi connectivity index (χ3v) is 4.01. The highest BCUT2D eigenvalue weighted by Gasteiger charge is 2.30. The zero-order valence-electron chi connectivity index (χ0n) is 15.7. The lowest BCUT2D eigenvalue weighted by Gasteiger charge is -2.08. The predicted molar refractivity (Wildman–Crippen MR) is 104 cm³/mol. The third kappa shape index (κ3) is 5.26. The summed E-state index contributed by atoms with van der Waals surface area (Å²) in [5, 5.41) is 5.23. The number of rotatable bonds is 6. The number of alkyl halides is 3. The normalized spacial score (nSPS) is 11.2. The van der Waals surface area contributed by atoms with Crippen LogP contribution in [-0.4, -0.2) is 25.5 Å². The molecule has 1 aromatic heterocycles. The van der Waals surface area contributed by atoms with E-state index in [1.54, 1.807) is 24.3 Å². The number of hydrogen-bond acceptors (Lipinski definition) is 4. The van der Waals surface area contributed by atoms with E-state index in [-0.39, 0.29) is 29.6 Å². The Morgan fingerprint density at radius 3 is 2.27 bits per heavy atom. The van der Waals surface area contributed by atoms with Gasteiger partial charge in [-0.25, -0.2) is 0 Å². The van der Waals surface area contributed by atoms with Crippen LogP contribution in [0.3, 0.4) is 0 Å². The maximum absolute atomic E-state index is 12.9. The topological polar surface area (TPSA) is 80.6 Å². The van der Waals surface area contributed by atoms with Gasteiger partial charge in [0, 0.05) is 24.0 Å². The minimum atomic E-state index is -4.47. The molecule has 0 spiro atoms. The van der Waals surface area contributed by atoms with Crippen LogP contribution in [-0.2, 0) is 15.7 Å². The molecule has 0 aliphatic rings. The second kappa shape index (κ2) is 8.83. The van der Waals surface area contributed by atoms with Gasteiger partial charge in [-0.05, 0) is 48.5 Å². The number of carbonyl (C=O) groups is 2. The second-order valence-electron chi connectivity index (χ2n) is 6.26. The quantitative estimate of drug-likeness (QED) is 0.603. The second-order valence-corrected chi connectivity index (χ2v) is 6.26. The Balaban J connectivity index is 1.68. The van der Waals surface area contributed by atoms with Crippen LogP contribution >= 0.6 is 0 Å². The van der Waals surface area contributed by atoms with E-state index in [4.69, 9.17) is 9.15 Å². The van der Waals surface area contributed by atoms with Crippen LogP contribution in [0.1, 0.15) is 16.1 Å². The fourth-order valence-electron chi connectivity index (χ4n) is 2.62. The number of halogens is 3. The molecule has 0 bridgehead atoms. The Kier molecular flexibility index (Phi) is 6.22. The minimum Gasteiger partial charge on any atom is -0.451 e. The summed E-state index contributed by atoms with van der Waals surface area (Å²) >= 11 is 0. The molecule has 1 heterocycles. The summed E-state index contributed by atoms with van der Waals surface area (Å²) in [4.78, 5) is 23.8. The molecule has 0 unspecified atom stereocenters. The van der Waals surface area contributed by atoms with Crippen LogP contribution in [0.4, 0.5) is 24.5 Å². The van der Waals surface area contributed by atoms with Crippen molar-refractivity contribution >= 4 is 23.2 Å². The molecular formula is C21H17F3N2O4. The summed E-state index contributed by atoms with van der Waals surface area (Å²) in [6, 6.07) is 13.8. The van der Waals surface area contributed by atoms with Crippen LogP contribution in [0.25, 0.3) is 11.3 Å². The van der Waals surface area contributed by atoms with Crippen molar-refractivity contribution in [3.8, 4) is 11.3 Å². The van der Waals surface area contributed by atoms with Crippen molar-refractivity contribution in [2.24, 2.45) is 0 Å². The summed E-state index contributed by atoms with van der Waals surface area (Å²) < 4.78 is 48.8. The van der Waals surface area contributed by atoms with Gasteiger partial charge in [-0.3, -0.25) is 9.59 Å². The number of hydrogen-bond donors (Lipinski definition) is 2. The first-order chi connectivity index (χ1) is 14.3. The molecule has 0 saturated carbocycles. The van der Waals surface area contributed by atoms with Gasteiger partial charge in [0.1, 0.15) is 12.4 Å². The summed E-state index contributed by atoms with van der Waals surface area (Å²) in [5.74, 6) is -0.793. The lowest BCUT2D eigenvalue weighted by Crippen LogP contribution is -2.17. The van der Waals surface area contributed by atoms with Crippen molar-refractivity contribution in [2.75, 3.05) is 24.4 Å². The molecule has 9 heteroatoms. The van der Waals surface area contributed by atoms with Gasteiger partial charge < -0.3 is 19.8 Å². The average molecular weight is 418 g/mol. The fourth-order valence-corrected chi connectivity index (χ4v) is 2.62. The van der Waals surface area contributed by atoms with Crippen LogP contribution in [0.5, 0.6) is 0 Å². The van der Waals surface area contributed by atoms with Crippen molar-refractivity contribution in [3.05, 3.63) is 72.0 Å². The van der Waals surface area contributed by atoms with Crippen LogP contribution in [0.2, 0.25) is 0 Å². The van der Waals surface area contributed by atoms with E-state index in [0.29, 0.717) is 11.4 Å². The predicted octanol–water partition coefficient (Wildman–Crippen LogP) is 4.80. The van der Waals surface area contributed by atoms with E-state index in [0.717, 1.165) is 12.1 Å². The molecule has 2 aromatic carbocycles. The Morgan fingerprint density at radius 2 is 1.63 bits per heavy atom. The lowest BCUT2D eigenvalue weighted by molar-refractivity contribution is -0.137. The molecule has 3 rings (SSSR count). The summed E-state index contributed by atoms with van der Waals surface area (Å²) in [5.41, 5.74) is 0.377. The van der Waals surface area contributed by atoms with E-state index < -0.39 is 17.6 Å². The van der Waals surface area contributed by atoms with Crippen molar-refractivity contribution in [2.45, 2.75) is 6.18 Å². The van der Waals surface area contributed by atoms with Crippen LogP contribution in [0.15, 0.2) is 65.1 Å². The molecule has 156 valence electrons. The summed E-state index contributed by atoms with van der Waals surface area (Å²) in [6.07, 6.45) is -4.47. The zero-order valence-corrected chi connectivity index (χ0v) is 15.7. The Hall–Kier alpha value is -3.59. The monoisotopic (exact) mass is 418 g/mol. The largest absolute Gasteiger partial charge is 0.451 e. The van der Waals surface area contributed by atoms with Gasteiger partial charge in [-0.2, -0.15) is 13.2 Å². The van der Waals surface area contributed by atoms with Crippen molar-refractivity contribution in [3.63, 3.8) is 0 Å². The molecule has 6 nitrogen and oxygen atoms in total. The average Bonchev–Trinajstić information content (AvgIpc) is 3.20. The number of ether oxygens (including phenoxy) is 1. The number of benzene rings is 2. The van der Waals surface area contributed by atoms with Crippen molar-refractivity contribution in [1.29, 1.82) is 0 Å². The maximum Gasteiger partial charge on any atom is 0.416 e. The first-order valence-electron chi connectivity index (χ1n) is 8.74. The molecule has 0 saturated heterocycles. The van der Waals surface area contributed by atoms with Gasteiger partial charge in [0.05, 0.1) is 5.56 Å². The van der Waals surface area contributed by atoms with Gasteiger partial charge in [-0.15, -0.1) is 0 Å². The summed E-state index contributed by atoms with van der Waals surface area (Å²) in [6.45, 7) is -0.0782. The minimum absolute atomic E-state index is 0.0557. The molecular weight excluding hydrogens is 401 g/mol. The van der Waals surface area contributed by atoms with Gasteiger partial charge in [0.25, 0.3) is 5.91 Å². The number of nitrogens with one attached hydrogen (secondary N) is 2. The number of carbonyl (C=O) groups excluding carboxylic acids is 2. The number of methoxy groups -OCH3 is 1. The van der Waals surface area contributed by atoms with Gasteiger partial charge in [0.2, 0.25) is 5.91 Å². The third-order valence-electron chi connectivity index (χ3n) is 4.01. The molecule has 2 N–H and O–H groups in total. The van der Waals surface area contributed by atoms with E-state index in [1.165, 1.54) is 31.4 Å². The molecule has 3 aromatic rings. The molecule has 30 heavy (non-hydrogen) atoms. The molecule has 0 radical (unpaired) electrons. The van der Waals surface area contributed by atoms with Gasteiger partial charge in [-0.1, -0.05) is 12.1 Å². The Bertz CT molecular complexity index is 1040. The van der Waals surface area contributed by atoms with Crippen LogP contribution < -0.4 is 10.6 Å². The molecule has 0 fully saturated rings. The SMILES string of the molecule is COCC(=O)Nc1ccc(NC(=O)c2ccc(-c3cccc(C(F)(F)F)c3)o2)cc1. The highest BCUT2D eigenvalue weighted by Crippen LogP contribution is 2.32. The molecule has 0 aliphatic heterocycles. The highest BCUT2D eigenvalue weighted by atomic mass is 19.4. The highest BCUT2D eigenvalue weighted by molar-refractivity contribution is 6.02. The standard InChI is InChI=1S/C21H17F3N2O4/c1-29-12-19(27)25-15-5-7-16(8-6-15)26-20(28)18-10-9-17(30-18)13-3-2-4-14(11-13)21(22,23)24/h2-11H,12H2,1H3,(H,25,27)(H,26,28). The van der Waals surface area contributed by atoms with E-state index in [1.807, 2.05) is 0 Å². The Labute approximate surface area is 169 Å². The van der Waals surface area contributed by atoms with E-state index in [2.05, 4.69) is 10.6 Å². The fraction of sp³-hybridized carbons (Fsp3) is 0.143. The molecule has 0 aliphatic carbocycles. The van der Waals surface area contributed by atoms with Crippen molar-refractivity contribution < 1.29 is 31.9 Å². The number of anilines is 2. The van der Waals surface area contributed by atoms with E-state index in [9.17, 15) is 22.8 Å². The number of amides is 2. The zero-order chi connectivity index (χ0) is 21.7. The van der Waals surface area contributed by atoms with Gasteiger partial charge >= 0.3 is 6.18 Å². The molecule has 0 atom stereocenters. The first-order valence-corrected chi connectivity index (χ1v) is 8.74. The number of furan rings is 1. The van der Waals surface area contributed by atoms with Crippen molar-refractivity contribution in [1.82, 2.24) is 0 Å². The molecule has 2 amide bonds. The maximum atomic E-state index is 12.9. The first kappa shape index (κ1) is 21.1. The summed E-state index contributed by atoms with van der Waals surface area (Å²) in [7, 11) is 1.41.